The highest BCUT2D eigenvalue weighted by atomic mass is 35.5. The Kier molecular flexibility index (Phi) is 6.67. The molecule has 4 aliphatic carbocycles. The second kappa shape index (κ2) is 9.46. The quantitative estimate of drug-likeness (QED) is 0.502. The molecule has 0 spiro atoms. The van der Waals surface area contributed by atoms with E-state index in [1.807, 2.05) is 39.0 Å². The molecule has 4 bridgehead atoms. The van der Waals surface area contributed by atoms with Crippen molar-refractivity contribution in [1.82, 2.24) is 10.2 Å². The van der Waals surface area contributed by atoms with Gasteiger partial charge in [-0.25, -0.2) is 4.79 Å². The lowest BCUT2D eigenvalue weighted by atomic mass is 9.49. The van der Waals surface area contributed by atoms with E-state index in [2.05, 4.69) is 11.4 Å². The summed E-state index contributed by atoms with van der Waals surface area (Å²) in [5.74, 6) is 2.56. The number of benzene rings is 1. The molecule has 0 atom stereocenters. The number of hydrogen-bond donors (Lipinski definition) is 1. The number of rotatable bonds is 4. The maximum atomic E-state index is 13.2. The maximum absolute atomic E-state index is 13.2. The van der Waals surface area contributed by atoms with Crippen molar-refractivity contribution in [3.8, 4) is 0 Å². The van der Waals surface area contributed by atoms with Crippen LogP contribution in [0, 0.1) is 23.2 Å². The largest absolute Gasteiger partial charge is 0.444 e. The highest BCUT2D eigenvalue weighted by molar-refractivity contribution is 6.33. The third kappa shape index (κ3) is 5.71. The highest BCUT2D eigenvalue weighted by Gasteiger charge is 2.50. The molecule has 0 radical (unpaired) electrons. The van der Waals surface area contributed by atoms with E-state index in [1.54, 1.807) is 4.90 Å². The first kappa shape index (κ1) is 24.7. The number of halogens is 1. The number of nitrogens with zero attached hydrogens (tertiary/aromatic N) is 1. The van der Waals surface area contributed by atoms with Gasteiger partial charge in [-0.05, 0) is 113 Å². The number of ether oxygens (including phenoxy) is 1. The molecule has 5 nitrogen and oxygen atoms in total. The van der Waals surface area contributed by atoms with Crippen molar-refractivity contribution in [2.24, 2.45) is 23.2 Å². The van der Waals surface area contributed by atoms with Crippen molar-refractivity contribution < 1.29 is 14.3 Å². The summed E-state index contributed by atoms with van der Waals surface area (Å²) in [5, 5.41) is 3.76. The van der Waals surface area contributed by atoms with Crippen molar-refractivity contribution in [1.29, 1.82) is 0 Å². The summed E-state index contributed by atoms with van der Waals surface area (Å²) in [5.41, 5.74) is 2.63. The van der Waals surface area contributed by atoms with Crippen LogP contribution in [0.3, 0.4) is 0 Å². The van der Waals surface area contributed by atoms with Gasteiger partial charge in [0.05, 0.1) is 10.6 Å². The minimum absolute atomic E-state index is 0.0641. The van der Waals surface area contributed by atoms with Gasteiger partial charge >= 0.3 is 6.09 Å². The summed E-state index contributed by atoms with van der Waals surface area (Å²) in [6.07, 6.45) is 11.5. The van der Waals surface area contributed by atoms with Crippen LogP contribution in [0.4, 0.5) is 4.79 Å². The van der Waals surface area contributed by atoms with Gasteiger partial charge in [0.1, 0.15) is 5.60 Å². The van der Waals surface area contributed by atoms with Crippen LogP contribution in [0.1, 0.15) is 88.1 Å². The fourth-order valence-electron chi connectivity index (χ4n) is 7.36. The number of piperidine rings is 1. The average molecular weight is 499 g/mol. The molecule has 0 unspecified atom stereocenters. The van der Waals surface area contributed by atoms with Gasteiger partial charge in [0.2, 0.25) is 0 Å². The van der Waals surface area contributed by atoms with Crippen LogP contribution in [0.25, 0.3) is 6.08 Å². The SMILES string of the molecule is CC(C)(C)OC(=O)N1CCC(=Cc2ccc(Cl)c(C(=O)NCC34CC5CC(CC(C5)C3)C4)c2)CC1. The number of carbonyl (C=O) groups excluding carboxylic acids is 2. The number of nitrogens with one attached hydrogen (secondary N) is 1. The standard InChI is InChI=1S/C29H39ClN2O3/c1-28(2,3)35-27(34)32-8-6-19(7-9-32)10-20-4-5-25(30)24(14-20)26(33)31-18-29-15-21-11-22(16-29)13-23(12-21)17-29/h4-5,10,14,21-23H,6-9,11-13,15-18H2,1-3H3,(H,31,33). The fourth-order valence-corrected chi connectivity index (χ4v) is 7.56. The van der Waals surface area contributed by atoms with E-state index in [0.29, 0.717) is 29.1 Å². The second-order valence-electron chi connectivity index (χ2n) is 12.6. The van der Waals surface area contributed by atoms with Crippen LogP contribution >= 0.6 is 11.6 Å². The van der Waals surface area contributed by atoms with Crippen molar-refractivity contribution >= 4 is 29.7 Å². The summed E-state index contributed by atoms with van der Waals surface area (Å²) < 4.78 is 5.49. The maximum Gasteiger partial charge on any atom is 0.410 e. The van der Waals surface area contributed by atoms with Crippen LogP contribution in [-0.4, -0.2) is 42.1 Å². The van der Waals surface area contributed by atoms with Gasteiger partial charge < -0.3 is 15.0 Å². The molecule has 0 aromatic heterocycles. The molecule has 5 aliphatic rings. The predicted octanol–water partition coefficient (Wildman–Crippen LogP) is 6.70. The molecule has 1 N–H and O–H groups in total. The molecule has 5 fully saturated rings. The Morgan fingerprint density at radius 2 is 1.69 bits per heavy atom. The van der Waals surface area contributed by atoms with Gasteiger partial charge in [0.15, 0.2) is 0 Å². The minimum Gasteiger partial charge on any atom is -0.444 e. The minimum atomic E-state index is -0.483. The molecule has 1 aromatic rings. The summed E-state index contributed by atoms with van der Waals surface area (Å²) in [4.78, 5) is 27.3. The molecule has 1 saturated heterocycles. The van der Waals surface area contributed by atoms with Crippen molar-refractivity contribution in [2.45, 2.75) is 77.7 Å². The lowest BCUT2D eigenvalue weighted by Crippen LogP contribution is -2.51. The zero-order chi connectivity index (χ0) is 24.8. The Hall–Kier alpha value is -2.01. The first-order valence-corrected chi connectivity index (χ1v) is 13.7. The zero-order valence-corrected chi connectivity index (χ0v) is 22.1. The number of hydrogen-bond acceptors (Lipinski definition) is 3. The van der Waals surface area contributed by atoms with E-state index in [-0.39, 0.29) is 12.0 Å². The molecule has 35 heavy (non-hydrogen) atoms. The van der Waals surface area contributed by atoms with Gasteiger partial charge in [-0.1, -0.05) is 29.3 Å². The van der Waals surface area contributed by atoms with Crippen molar-refractivity contribution in [2.75, 3.05) is 19.6 Å². The predicted molar refractivity (Wildman–Crippen MR) is 139 cm³/mol. The van der Waals surface area contributed by atoms with E-state index >= 15 is 0 Å². The van der Waals surface area contributed by atoms with Gasteiger partial charge in [-0.2, -0.15) is 0 Å². The Balaban J connectivity index is 1.20. The smallest absolute Gasteiger partial charge is 0.410 e. The Bertz CT molecular complexity index is 980. The molecule has 1 heterocycles. The topological polar surface area (TPSA) is 58.6 Å². The first-order valence-electron chi connectivity index (χ1n) is 13.3. The highest BCUT2D eigenvalue weighted by Crippen LogP contribution is 2.59. The molecule has 4 saturated carbocycles. The zero-order valence-electron chi connectivity index (χ0n) is 21.4. The van der Waals surface area contributed by atoms with E-state index in [4.69, 9.17) is 16.3 Å². The van der Waals surface area contributed by atoms with Crippen LogP contribution in [0.5, 0.6) is 0 Å². The van der Waals surface area contributed by atoms with E-state index < -0.39 is 5.60 Å². The lowest BCUT2D eigenvalue weighted by molar-refractivity contribution is -0.0503. The molecular weight excluding hydrogens is 460 g/mol. The molecule has 6 heteroatoms. The normalized spacial score (nSPS) is 29.8. The second-order valence-corrected chi connectivity index (χ2v) is 13.0. The van der Waals surface area contributed by atoms with Crippen LogP contribution in [0.2, 0.25) is 5.02 Å². The van der Waals surface area contributed by atoms with Crippen LogP contribution in [-0.2, 0) is 4.74 Å². The monoisotopic (exact) mass is 498 g/mol. The van der Waals surface area contributed by atoms with E-state index in [1.165, 1.54) is 44.1 Å². The third-order valence-electron chi connectivity index (χ3n) is 8.45. The summed E-state index contributed by atoms with van der Waals surface area (Å²) in [7, 11) is 0. The Labute approximate surface area is 214 Å². The molecule has 1 aromatic carbocycles. The summed E-state index contributed by atoms with van der Waals surface area (Å²) >= 11 is 6.46. The Morgan fingerprint density at radius 1 is 1.09 bits per heavy atom. The average Bonchev–Trinajstić information content (AvgIpc) is 2.77. The molecule has 6 rings (SSSR count). The van der Waals surface area contributed by atoms with E-state index in [9.17, 15) is 9.59 Å². The molecule has 190 valence electrons. The van der Waals surface area contributed by atoms with Crippen LogP contribution < -0.4 is 5.32 Å². The molecule has 2 amide bonds. The third-order valence-corrected chi connectivity index (χ3v) is 8.78. The van der Waals surface area contributed by atoms with Crippen molar-refractivity contribution in [3.05, 3.63) is 39.9 Å². The fraction of sp³-hybridized carbons (Fsp3) is 0.655. The summed E-state index contributed by atoms with van der Waals surface area (Å²) in [6, 6.07) is 5.69. The number of amides is 2. The van der Waals surface area contributed by atoms with Gasteiger partial charge in [0, 0.05) is 19.6 Å². The number of likely N-dealkylation sites (tertiary alicyclic amines) is 1. The molecule has 1 aliphatic heterocycles. The lowest BCUT2D eigenvalue weighted by Gasteiger charge is -2.56. The van der Waals surface area contributed by atoms with Crippen molar-refractivity contribution in [3.63, 3.8) is 0 Å². The van der Waals surface area contributed by atoms with Crippen LogP contribution in [0.15, 0.2) is 23.8 Å². The van der Waals surface area contributed by atoms with Gasteiger partial charge in [-0.15, -0.1) is 0 Å². The first-order chi connectivity index (χ1) is 16.6. The van der Waals surface area contributed by atoms with Gasteiger partial charge in [-0.3, -0.25) is 4.79 Å². The summed E-state index contributed by atoms with van der Waals surface area (Å²) in [6.45, 7) is 7.73. The van der Waals surface area contributed by atoms with E-state index in [0.717, 1.165) is 42.7 Å². The molecular formula is C29H39ClN2O3. The number of carbonyl (C=O) groups is 2. The Morgan fingerprint density at radius 3 is 2.26 bits per heavy atom. The van der Waals surface area contributed by atoms with Gasteiger partial charge in [0.25, 0.3) is 5.91 Å².